The quantitative estimate of drug-likeness (QED) is 0.281. The molecule has 0 atom stereocenters. The zero-order valence-electron chi connectivity index (χ0n) is 17.1. The Hall–Kier alpha value is -2.81. The molecular weight excluding hydrogens is 381 g/mol. The van der Waals surface area contributed by atoms with Gasteiger partial charge in [0.15, 0.2) is 0 Å². The molecule has 3 heteroatoms. The average molecular weight is 404 g/mol. The number of benzene rings is 4. The number of fused-ring (bicyclic) bond motifs is 5. The fraction of sp³-hybridized carbons (Fsp3) is 0.259. The maximum absolute atomic E-state index is 13.0. The third-order valence-corrected chi connectivity index (χ3v) is 6.50. The third-order valence-electron chi connectivity index (χ3n) is 6.50. The molecule has 1 aliphatic rings. The SMILES string of the molecule is CC1(C)CCc2ccc3c(cc(-c4ccc(C(F)(F)F)cc4)c4ccccc43)c2C1. The van der Waals surface area contributed by atoms with Crippen molar-refractivity contribution in [3.8, 4) is 11.1 Å². The van der Waals surface area contributed by atoms with Crippen LogP contribution in [-0.4, -0.2) is 0 Å². The molecule has 4 aromatic carbocycles. The molecule has 152 valence electrons. The van der Waals surface area contributed by atoms with Crippen LogP contribution in [0.2, 0.25) is 0 Å². The third kappa shape index (κ3) is 3.17. The molecule has 0 bridgehead atoms. The normalized spacial score (nSPS) is 16.0. The van der Waals surface area contributed by atoms with Gasteiger partial charge in [0, 0.05) is 0 Å². The van der Waals surface area contributed by atoms with E-state index in [4.69, 9.17) is 0 Å². The summed E-state index contributed by atoms with van der Waals surface area (Å²) in [4.78, 5) is 0. The standard InChI is InChI=1S/C27H23F3/c1-26(2)14-13-18-9-12-22-20-5-3-4-6-21(20)23(15-24(22)25(18)16-26)17-7-10-19(11-8-17)27(28,29)30/h3-12,15H,13-14,16H2,1-2H3. The van der Waals surface area contributed by atoms with Gasteiger partial charge in [0.05, 0.1) is 5.56 Å². The van der Waals surface area contributed by atoms with Crippen LogP contribution < -0.4 is 0 Å². The molecule has 0 nitrogen and oxygen atoms in total. The topological polar surface area (TPSA) is 0 Å². The summed E-state index contributed by atoms with van der Waals surface area (Å²) in [6.07, 6.45) is -1.06. The van der Waals surface area contributed by atoms with Gasteiger partial charge in [-0.25, -0.2) is 0 Å². The first kappa shape index (κ1) is 19.2. The van der Waals surface area contributed by atoms with Gasteiger partial charge in [-0.05, 0) is 86.7 Å². The molecule has 0 radical (unpaired) electrons. The molecule has 5 rings (SSSR count). The lowest BCUT2D eigenvalue weighted by atomic mass is 9.72. The monoisotopic (exact) mass is 404 g/mol. The lowest BCUT2D eigenvalue weighted by Crippen LogP contribution is -2.22. The van der Waals surface area contributed by atoms with Gasteiger partial charge in [-0.2, -0.15) is 13.2 Å². The van der Waals surface area contributed by atoms with Crippen molar-refractivity contribution in [3.05, 3.63) is 83.4 Å². The Kier molecular flexibility index (Phi) is 4.22. The molecule has 0 fully saturated rings. The fourth-order valence-electron chi connectivity index (χ4n) is 4.85. The second-order valence-corrected chi connectivity index (χ2v) is 9.18. The van der Waals surface area contributed by atoms with E-state index in [0.29, 0.717) is 0 Å². The Morgan fingerprint density at radius 1 is 0.767 bits per heavy atom. The van der Waals surface area contributed by atoms with Crippen LogP contribution in [0.3, 0.4) is 0 Å². The lowest BCUT2D eigenvalue weighted by Gasteiger charge is -2.32. The highest BCUT2D eigenvalue weighted by Crippen LogP contribution is 2.42. The smallest absolute Gasteiger partial charge is 0.166 e. The van der Waals surface area contributed by atoms with E-state index in [2.05, 4.69) is 44.2 Å². The highest BCUT2D eigenvalue weighted by atomic mass is 19.4. The summed E-state index contributed by atoms with van der Waals surface area (Å²) >= 11 is 0. The van der Waals surface area contributed by atoms with Gasteiger partial charge >= 0.3 is 6.18 Å². The van der Waals surface area contributed by atoms with Crippen LogP contribution in [0.1, 0.15) is 37.0 Å². The van der Waals surface area contributed by atoms with Crippen LogP contribution in [0.15, 0.2) is 66.7 Å². The Bertz CT molecular complexity index is 1260. The molecule has 0 amide bonds. The van der Waals surface area contributed by atoms with Crippen molar-refractivity contribution in [1.82, 2.24) is 0 Å². The Labute approximate surface area is 174 Å². The van der Waals surface area contributed by atoms with Crippen LogP contribution in [0.4, 0.5) is 13.2 Å². The van der Waals surface area contributed by atoms with E-state index in [1.165, 1.54) is 40.5 Å². The second-order valence-electron chi connectivity index (χ2n) is 9.18. The van der Waals surface area contributed by atoms with E-state index in [9.17, 15) is 13.2 Å². The number of halogens is 3. The van der Waals surface area contributed by atoms with Crippen molar-refractivity contribution >= 4 is 21.5 Å². The minimum Gasteiger partial charge on any atom is -0.166 e. The summed E-state index contributed by atoms with van der Waals surface area (Å²) in [6.45, 7) is 4.62. The van der Waals surface area contributed by atoms with Crippen molar-refractivity contribution in [2.24, 2.45) is 5.41 Å². The van der Waals surface area contributed by atoms with Gasteiger partial charge in [-0.1, -0.05) is 62.4 Å². The highest BCUT2D eigenvalue weighted by molar-refractivity contribution is 6.14. The molecule has 0 saturated carbocycles. The Balaban J connectivity index is 1.79. The first-order valence-electron chi connectivity index (χ1n) is 10.4. The zero-order chi connectivity index (χ0) is 21.1. The molecule has 0 saturated heterocycles. The van der Waals surface area contributed by atoms with E-state index >= 15 is 0 Å². The average Bonchev–Trinajstić information content (AvgIpc) is 2.72. The Morgan fingerprint density at radius 2 is 1.43 bits per heavy atom. The molecule has 30 heavy (non-hydrogen) atoms. The minimum absolute atomic E-state index is 0.251. The van der Waals surface area contributed by atoms with Crippen LogP contribution in [0.25, 0.3) is 32.7 Å². The second kappa shape index (κ2) is 6.60. The number of alkyl halides is 3. The maximum Gasteiger partial charge on any atom is 0.416 e. The summed E-state index contributed by atoms with van der Waals surface area (Å²) in [5.74, 6) is 0. The van der Waals surface area contributed by atoms with Crippen LogP contribution >= 0.6 is 0 Å². The molecule has 1 aliphatic carbocycles. The largest absolute Gasteiger partial charge is 0.416 e. The number of aryl methyl sites for hydroxylation is 1. The van der Waals surface area contributed by atoms with E-state index in [1.807, 2.05) is 12.1 Å². The van der Waals surface area contributed by atoms with Crippen molar-refractivity contribution in [1.29, 1.82) is 0 Å². The summed E-state index contributed by atoms with van der Waals surface area (Å²) in [5.41, 5.74) is 4.23. The maximum atomic E-state index is 13.0. The molecule has 0 unspecified atom stereocenters. The predicted molar refractivity (Wildman–Crippen MR) is 118 cm³/mol. The van der Waals surface area contributed by atoms with Crippen LogP contribution in [0.5, 0.6) is 0 Å². The summed E-state index contributed by atoms with van der Waals surface area (Å²) in [6, 6.07) is 20.4. The lowest BCUT2D eigenvalue weighted by molar-refractivity contribution is -0.137. The molecule has 0 aliphatic heterocycles. The first-order valence-corrected chi connectivity index (χ1v) is 10.4. The molecule has 0 spiro atoms. The van der Waals surface area contributed by atoms with E-state index < -0.39 is 11.7 Å². The molecule has 4 aromatic rings. The van der Waals surface area contributed by atoms with E-state index in [-0.39, 0.29) is 5.41 Å². The number of hydrogen-bond donors (Lipinski definition) is 0. The van der Waals surface area contributed by atoms with Crippen LogP contribution in [0, 0.1) is 5.41 Å². The Morgan fingerprint density at radius 3 is 2.13 bits per heavy atom. The van der Waals surface area contributed by atoms with Gasteiger partial charge in [0.1, 0.15) is 0 Å². The minimum atomic E-state index is -4.32. The fourth-order valence-corrected chi connectivity index (χ4v) is 4.85. The van der Waals surface area contributed by atoms with E-state index in [1.54, 1.807) is 12.1 Å². The highest BCUT2D eigenvalue weighted by Gasteiger charge is 2.30. The molecule has 0 heterocycles. The van der Waals surface area contributed by atoms with Gasteiger partial charge in [0.25, 0.3) is 0 Å². The molecule has 0 aromatic heterocycles. The van der Waals surface area contributed by atoms with E-state index in [0.717, 1.165) is 34.7 Å². The number of hydrogen-bond acceptors (Lipinski definition) is 0. The van der Waals surface area contributed by atoms with Gasteiger partial charge in [0.2, 0.25) is 0 Å². The van der Waals surface area contributed by atoms with Crippen molar-refractivity contribution in [2.75, 3.05) is 0 Å². The summed E-state index contributed by atoms with van der Waals surface area (Å²) in [5, 5.41) is 4.67. The summed E-state index contributed by atoms with van der Waals surface area (Å²) < 4.78 is 39.1. The van der Waals surface area contributed by atoms with Gasteiger partial charge < -0.3 is 0 Å². The van der Waals surface area contributed by atoms with Gasteiger partial charge in [-0.3, -0.25) is 0 Å². The summed E-state index contributed by atoms with van der Waals surface area (Å²) in [7, 11) is 0. The van der Waals surface area contributed by atoms with Crippen LogP contribution in [-0.2, 0) is 19.0 Å². The van der Waals surface area contributed by atoms with Gasteiger partial charge in [-0.15, -0.1) is 0 Å². The molecule has 0 N–H and O–H groups in total. The molecular formula is C27H23F3. The number of rotatable bonds is 1. The predicted octanol–water partition coefficient (Wildman–Crippen LogP) is 8.19. The zero-order valence-corrected chi connectivity index (χ0v) is 17.1. The van der Waals surface area contributed by atoms with Crippen molar-refractivity contribution < 1.29 is 13.2 Å². The first-order chi connectivity index (χ1) is 14.2. The van der Waals surface area contributed by atoms with Crippen molar-refractivity contribution in [2.45, 2.75) is 39.3 Å². The van der Waals surface area contributed by atoms with Crippen molar-refractivity contribution in [3.63, 3.8) is 0 Å².